The van der Waals surface area contributed by atoms with Crippen LogP contribution in [0.5, 0.6) is 0 Å². The minimum atomic E-state index is -0.860. The average Bonchev–Trinajstić information content (AvgIpc) is 2.10. The van der Waals surface area contributed by atoms with Crippen LogP contribution in [0.1, 0.15) is 13.8 Å². The van der Waals surface area contributed by atoms with Crippen molar-refractivity contribution in [3.63, 3.8) is 0 Å². The topological polar surface area (TPSA) is 102 Å². The van der Waals surface area contributed by atoms with Crippen molar-refractivity contribution in [3.05, 3.63) is 0 Å². The predicted molar refractivity (Wildman–Crippen MR) is 49.8 cm³/mol. The van der Waals surface area contributed by atoms with Crippen LogP contribution in [0, 0.1) is 5.92 Å². The highest BCUT2D eigenvalue weighted by atomic mass is 16.5. The molecule has 0 fully saturated rings. The smallest absolute Gasteiger partial charge is 0.404 e. The number of ether oxygens (including phenoxy) is 1. The molecule has 0 aromatic carbocycles. The molecule has 0 aromatic rings. The van der Waals surface area contributed by atoms with Crippen molar-refractivity contribution in [2.24, 2.45) is 11.7 Å². The summed E-state index contributed by atoms with van der Waals surface area (Å²) in [5, 5.41) is 11.6. The van der Waals surface area contributed by atoms with Crippen LogP contribution in [-0.2, 0) is 9.53 Å². The number of nitrogens with one attached hydrogen (secondary N) is 1. The van der Waals surface area contributed by atoms with E-state index < -0.39 is 18.0 Å². The Morgan fingerprint density at radius 3 is 2.50 bits per heavy atom. The molecule has 0 aliphatic carbocycles. The number of carbonyl (C=O) groups excluding carboxylic acids is 1. The molecule has 82 valence electrons. The van der Waals surface area contributed by atoms with E-state index in [2.05, 4.69) is 10.1 Å². The van der Waals surface area contributed by atoms with Gasteiger partial charge in [-0.05, 0) is 6.92 Å². The first-order chi connectivity index (χ1) is 6.45. The van der Waals surface area contributed by atoms with Gasteiger partial charge in [0.15, 0.2) is 0 Å². The Morgan fingerprint density at radius 1 is 1.50 bits per heavy atom. The Hall–Kier alpha value is -1.30. The largest absolute Gasteiger partial charge is 0.481 e. The number of primary amides is 1. The molecule has 0 spiro atoms. The zero-order valence-corrected chi connectivity index (χ0v) is 8.32. The highest BCUT2D eigenvalue weighted by molar-refractivity contribution is 5.70. The van der Waals surface area contributed by atoms with Crippen molar-refractivity contribution < 1.29 is 19.4 Å². The highest BCUT2D eigenvalue weighted by Gasteiger charge is 2.18. The number of carboxylic acid groups (broad SMARTS) is 1. The first kappa shape index (κ1) is 12.7. The van der Waals surface area contributed by atoms with Gasteiger partial charge >= 0.3 is 12.1 Å². The van der Waals surface area contributed by atoms with Gasteiger partial charge < -0.3 is 20.9 Å². The second-order valence-corrected chi connectivity index (χ2v) is 3.04. The van der Waals surface area contributed by atoms with E-state index in [-0.39, 0.29) is 12.6 Å². The van der Waals surface area contributed by atoms with Gasteiger partial charge in [-0.1, -0.05) is 6.92 Å². The number of amides is 1. The van der Waals surface area contributed by atoms with Gasteiger partial charge in [-0.25, -0.2) is 4.79 Å². The maximum Gasteiger partial charge on any atom is 0.404 e. The minimum absolute atomic E-state index is 0.145. The summed E-state index contributed by atoms with van der Waals surface area (Å²) in [5.41, 5.74) is 4.73. The summed E-state index contributed by atoms with van der Waals surface area (Å²) in [6, 6.07) is -0.177. The first-order valence-electron chi connectivity index (χ1n) is 4.33. The van der Waals surface area contributed by atoms with Gasteiger partial charge in [-0.2, -0.15) is 0 Å². The third kappa shape index (κ3) is 5.36. The van der Waals surface area contributed by atoms with Crippen molar-refractivity contribution >= 4 is 12.1 Å². The molecule has 14 heavy (non-hydrogen) atoms. The lowest BCUT2D eigenvalue weighted by Gasteiger charge is -2.17. The first-order valence-corrected chi connectivity index (χ1v) is 4.33. The number of hydrogen-bond donors (Lipinski definition) is 3. The van der Waals surface area contributed by atoms with Crippen LogP contribution in [0.15, 0.2) is 0 Å². The van der Waals surface area contributed by atoms with E-state index in [1.165, 1.54) is 0 Å². The molecule has 6 nitrogen and oxygen atoms in total. The molecule has 0 aliphatic heterocycles. The second kappa shape index (κ2) is 6.20. The number of carboxylic acids is 1. The van der Waals surface area contributed by atoms with Gasteiger partial charge in [0, 0.05) is 12.6 Å². The lowest BCUT2D eigenvalue weighted by molar-refractivity contribution is -0.141. The zero-order chi connectivity index (χ0) is 11.1. The quantitative estimate of drug-likeness (QED) is 0.519. The second-order valence-electron chi connectivity index (χ2n) is 3.04. The Balaban J connectivity index is 3.58. The van der Waals surface area contributed by atoms with Crippen molar-refractivity contribution in [3.8, 4) is 0 Å². The maximum absolute atomic E-state index is 10.5. The van der Waals surface area contributed by atoms with Crippen LogP contribution >= 0.6 is 0 Å². The van der Waals surface area contributed by atoms with Crippen LogP contribution in [-0.4, -0.2) is 36.4 Å². The van der Waals surface area contributed by atoms with E-state index in [1.807, 2.05) is 0 Å². The Bertz CT molecular complexity index is 208. The van der Waals surface area contributed by atoms with Crippen LogP contribution in [0.4, 0.5) is 4.79 Å². The molecule has 0 aromatic heterocycles. The molecule has 1 amide bonds. The standard InChI is InChI=1S/C8H16N2O4/c1-5(7(11)12)6(2)10-3-4-14-8(9)13/h5-6,10H,3-4H2,1-2H3,(H2,9,13)(H,11,12). The molecule has 0 saturated heterocycles. The van der Waals surface area contributed by atoms with Crippen LogP contribution in [0.3, 0.4) is 0 Å². The van der Waals surface area contributed by atoms with E-state index in [4.69, 9.17) is 10.8 Å². The Kier molecular flexibility index (Phi) is 5.62. The fourth-order valence-corrected chi connectivity index (χ4v) is 0.829. The maximum atomic E-state index is 10.5. The molecule has 0 rings (SSSR count). The van der Waals surface area contributed by atoms with E-state index in [9.17, 15) is 9.59 Å². The molecule has 0 saturated carbocycles. The van der Waals surface area contributed by atoms with Crippen molar-refractivity contribution in [2.45, 2.75) is 19.9 Å². The molecule has 0 aliphatic rings. The molecule has 0 bridgehead atoms. The van der Waals surface area contributed by atoms with Crippen molar-refractivity contribution in [1.82, 2.24) is 5.32 Å². The summed E-state index contributed by atoms with van der Waals surface area (Å²) in [5.74, 6) is -1.34. The average molecular weight is 204 g/mol. The number of nitrogens with two attached hydrogens (primary N) is 1. The number of rotatable bonds is 6. The summed E-state index contributed by atoms with van der Waals surface area (Å²) < 4.78 is 4.46. The van der Waals surface area contributed by atoms with E-state index in [0.717, 1.165) is 0 Å². The molecule has 2 atom stereocenters. The van der Waals surface area contributed by atoms with Crippen LogP contribution < -0.4 is 11.1 Å². The fourth-order valence-electron chi connectivity index (χ4n) is 0.829. The highest BCUT2D eigenvalue weighted by Crippen LogP contribution is 2.01. The Labute approximate surface area is 82.4 Å². The summed E-state index contributed by atoms with van der Waals surface area (Å²) in [6.07, 6.45) is -0.828. The molecule has 2 unspecified atom stereocenters. The number of aliphatic carboxylic acids is 1. The van der Waals surface area contributed by atoms with Crippen molar-refractivity contribution in [2.75, 3.05) is 13.2 Å². The van der Waals surface area contributed by atoms with Crippen LogP contribution in [0.2, 0.25) is 0 Å². The van der Waals surface area contributed by atoms with E-state index >= 15 is 0 Å². The lowest BCUT2D eigenvalue weighted by atomic mass is 10.0. The van der Waals surface area contributed by atoms with E-state index in [1.54, 1.807) is 13.8 Å². The van der Waals surface area contributed by atoms with E-state index in [0.29, 0.717) is 6.54 Å². The summed E-state index contributed by atoms with van der Waals surface area (Å²) in [6.45, 7) is 3.89. The van der Waals surface area contributed by atoms with Gasteiger partial charge in [0.2, 0.25) is 0 Å². The molecular weight excluding hydrogens is 188 g/mol. The lowest BCUT2D eigenvalue weighted by Crippen LogP contribution is -2.38. The fraction of sp³-hybridized carbons (Fsp3) is 0.750. The number of hydrogen-bond acceptors (Lipinski definition) is 4. The predicted octanol–water partition coefficient (Wildman–Crippen LogP) is -0.220. The van der Waals surface area contributed by atoms with Gasteiger partial charge in [0.25, 0.3) is 0 Å². The van der Waals surface area contributed by atoms with Gasteiger partial charge in [-0.3, -0.25) is 4.79 Å². The summed E-state index contributed by atoms with van der Waals surface area (Å²) in [7, 11) is 0. The molecule has 4 N–H and O–H groups in total. The zero-order valence-electron chi connectivity index (χ0n) is 8.32. The number of carbonyl (C=O) groups is 2. The van der Waals surface area contributed by atoms with Gasteiger partial charge in [0.1, 0.15) is 6.61 Å². The SMILES string of the molecule is CC(NCCOC(N)=O)C(C)C(=O)O. The Morgan fingerprint density at radius 2 is 2.07 bits per heavy atom. The van der Waals surface area contributed by atoms with Gasteiger partial charge in [0.05, 0.1) is 5.92 Å². The molecule has 0 heterocycles. The summed E-state index contributed by atoms with van der Waals surface area (Å²) in [4.78, 5) is 20.7. The third-order valence-corrected chi connectivity index (χ3v) is 1.95. The van der Waals surface area contributed by atoms with Crippen LogP contribution in [0.25, 0.3) is 0 Å². The van der Waals surface area contributed by atoms with Crippen molar-refractivity contribution in [1.29, 1.82) is 0 Å². The van der Waals surface area contributed by atoms with Gasteiger partial charge in [-0.15, -0.1) is 0 Å². The monoisotopic (exact) mass is 204 g/mol. The minimum Gasteiger partial charge on any atom is -0.481 e. The molecule has 0 radical (unpaired) electrons. The molecular formula is C8H16N2O4. The molecule has 6 heteroatoms. The third-order valence-electron chi connectivity index (χ3n) is 1.95. The summed E-state index contributed by atoms with van der Waals surface area (Å²) >= 11 is 0. The normalized spacial score (nSPS) is 14.4.